The lowest BCUT2D eigenvalue weighted by Crippen LogP contribution is -2.06. The third-order valence-corrected chi connectivity index (χ3v) is 2.98. The molecule has 0 fully saturated rings. The van der Waals surface area contributed by atoms with E-state index >= 15 is 0 Å². The van der Waals surface area contributed by atoms with Crippen LogP contribution in [0.1, 0.15) is 11.1 Å². The number of rotatable bonds is 5. The van der Waals surface area contributed by atoms with Gasteiger partial charge in [-0.15, -0.1) is 0 Å². The smallest absolute Gasteiger partial charge is 0.269 e. The number of nitro benzene ring substituents is 1. The van der Waals surface area contributed by atoms with E-state index in [0.717, 1.165) is 5.56 Å². The van der Waals surface area contributed by atoms with Gasteiger partial charge in [0.05, 0.1) is 16.2 Å². The molecule has 0 aliphatic carbocycles. The summed E-state index contributed by atoms with van der Waals surface area (Å²) in [5.74, 6) is -0.451. The molecule has 0 unspecified atom stereocenters. The Labute approximate surface area is 120 Å². The van der Waals surface area contributed by atoms with E-state index in [1.54, 1.807) is 12.1 Å². The molecule has 0 amide bonds. The van der Waals surface area contributed by atoms with Crippen molar-refractivity contribution in [2.45, 2.75) is 6.42 Å². The minimum atomic E-state index is -0.451. The molecule has 0 saturated carbocycles. The fourth-order valence-corrected chi connectivity index (χ4v) is 1.89. The topological polar surface area (TPSA) is 79.0 Å². The van der Waals surface area contributed by atoms with Crippen molar-refractivity contribution < 1.29 is 9.31 Å². The first-order valence-corrected chi connectivity index (χ1v) is 6.27. The third kappa shape index (κ3) is 3.76. The largest absolute Gasteiger partial charge is 0.384 e. The van der Waals surface area contributed by atoms with Crippen LogP contribution in [0.2, 0.25) is 0 Å². The van der Waals surface area contributed by atoms with Gasteiger partial charge in [-0.2, -0.15) is 5.26 Å². The molecule has 0 aliphatic rings. The number of nitriles is 1. The van der Waals surface area contributed by atoms with E-state index in [9.17, 15) is 14.5 Å². The lowest BCUT2D eigenvalue weighted by molar-refractivity contribution is -0.384. The van der Waals surface area contributed by atoms with Gasteiger partial charge in [-0.3, -0.25) is 10.1 Å². The highest BCUT2D eigenvalue weighted by atomic mass is 19.1. The Bertz CT molecular complexity index is 693. The number of nitro groups is 1. The molecule has 0 atom stereocenters. The Morgan fingerprint density at radius 3 is 2.57 bits per heavy atom. The van der Waals surface area contributed by atoms with Crippen molar-refractivity contribution >= 4 is 11.4 Å². The summed E-state index contributed by atoms with van der Waals surface area (Å²) in [6, 6.07) is 12.2. The first-order chi connectivity index (χ1) is 10.1. The average molecular weight is 285 g/mol. The Kier molecular flexibility index (Phi) is 4.46. The predicted molar refractivity (Wildman–Crippen MR) is 76.4 cm³/mol. The normalized spacial score (nSPS) is 9.90. The number of halogens is 1. The monoisotopic (exact) mass is 285 g/mol. The number of anilines is 1. The van der Waals surface area contributed by atoms with Gasteiger partial charge in [0.1, 0.15) is 11.9 Å². The SMILES string of the molecule is N#Cc1cc(F)ccc1NCCc1ccc([N+](=O)[O-])cc1. The lowest BCUT2D eigenvalue weighted by Gasteiger charge is -2.08. The molecule has 2 rings (SSSR count). The summed E-state index contributed by atoms with van der Waals surface area (Å²) in [6.45, 7) is 0.540. The first kappa shape index (κ1) is 14.5. The van der Waals surface area contributed by atoms with Gasteiger partial charge in [-0.1, -0.05) is 12.1 Å². The molecule has 0 heterocycles. The van der Waals surface area contributed by atoms with Crippen LogP contribution in [0.4, 0.5) is 15.8 Å². The average Bonchev–Trinajstić information content (AvgIpc) is 2.49. The molecule has 0 spiro atoms. The summed E-state index contributed by atoms with van der Waals surface area (Å²) in [5, 5.41) is 22.5. The third-order valence-electron chi connectivity index (χ3n) is 2.98. The highest BCUT2D eigenvalue weighted by Crippen LogP contribution is 2.16. The second-order valence-electron chi connectivity index (χ2n) is 4.40. The van der Waals surface area contributed by atoms with E-state index < -0.39 is 10.7 Å². The van der Waals surface area contributed by atoms with Crippen molar-refractivity contribution in [3.8, 4) is 6.07 Å². The molecule has 2 aromatic rings. The van der Waals surface area contributed by atoms with Crippen LogP contribution >= 0.6 is 0 Å². The van der Waals surface area contributed by atoms with Crippen LogP contribution in [-0.2, 0) is 6.42 Å². The zero-order valence-corrected chi connectivity index (χ0v) is 11.0. The Balaban J connectivity index is 1.95. The molecule has 0 aromatic heterocycles. The Morgan fingerprint density at radius 2 is 1.95 bits per heavy atom. The van der Waals surface area contributed by atoms with Gasteiger partial charge in [0.15, 0.2) is 0 Å². The van der Waals surface area contributed by atoms with Crippen molar-refractivity contribution in [2.75, 3.05) is 11.9 Å². The maximum atomic E-state index is 13.0. The predicted octanol–water partition coefficient (Wildman–Crippen LogP) is 3.26. The molecule has 106 valence electrons. The zero-order valence-electron chi connectivity index (χ0n) is 11.0. The van der Waals surface area contributed by atoms with Gasteiger partial charge in [0, 0.05) is 18.7 Å². The van der Waals surface area contributed by atoms with Crippen molar-refractivity contribution in [1.82, 2.24) is 0 Å². The van der Waals surface area contributed by atoms with E-state index in [2.05, 4.69) is 5.32 Å². The standard InChI is InChI=1S/C15H12FN3O2/c16-13-3-6-15(12(9-13)10-17)18-8-7-11-1-4-14(5-2-11)19(20)21/h1-6,9,18H,7-8H2. The van der Waals surface area contributed by atoms with Crippen molar-refractivity contribution in [2.24, 2.45) is 0 Å². The van der Waals surface area contributed by atoms with Gasteiger partial charge < -0.3 is 5.32 Å². The fraction of sp³-hybridized carbons (Fsp3) is 0.133. The second-order valence-corrected chi connectivity index (χ2v) is 4.40. The maximum absolute atomic E-state index is 13.0. The fourth-order valence-electron chi connectivity index (χ4n) is 1.89. The van der Waals surface area contributed by atoms with Crippen molar-refractivity contribution in [3.63, 3.8) is 0 Å². The van der Waals surface area contributed by atoms with Crippen LogP contribution in [-0.4, -0.2) is 11.5 Å². The molecular formula is C15H12FN3O2. The maximum Gasteiger partial charge on any atom is 0.269 e. The molecule has 2 aromatic carbocycles. The highest BCUT2D eigenvalue weighted by molar-refractivity contribution is 5.57. The minimum absolute atomic E-state index is 0.0528. The summed E-state index contributed by atoms with van der Waals surface area (Å²) in [7, 11) is 0. The molecule has 0 aliphatic heterocycles. The number of benzene rings is 2. The summed E-state index contributed by atoms with van der Waals surface area (Å²) in [6.07, 6.45) is 0.639. The van der Waals surface area contributed by atoms with Crippen LogP contribution < -0.4 is 5.32 Å². The van der Waals surface area contributed by atoms with Crippen molar-refractivity contribution in [3.05, 3.63) is 69.5 Å². The first-order valence-electron chi connectivity index (χ1n) is 6.27. The number of nitrogens with zero attached hydrogens (tertiary/aromatic N) is 2. The molecule has 0 bridgehead atoms. The summed E-state index contributed by atoms with van der Waals surface area (Å²) in [5.41, 5.74) is 1.81. The van der Waals surface area contributed by atoms with E-state index in [4.69, 9.17) is 5.26 Å². The van der Waals surface area contributed by atoms with Crippen LogP contribution in [0, 0.1) is 27.3 Å². The quantitative estimate of drug-likeness (QED) is 0.675. The van der Waals surface area contributed by atoms with Gasteiger partial charge in [-0.05, 0) is 30.2 Å². The highest BCUT2D eigenvalue weighted by Gasteiger charge is 2.05. The van der Waals surface area contributed by atoms with E-state index in [-0.39, 0.29) is 11.3 Å². The Morgan fingerprint density at radius 1 is 1.24 bits per heavy atom. The number of hydrogen-bond donors (Lipinski definition) is 1. The molecule has 6 heteroatoms. The minimum Gasteiger partial charge on any atom is -0.384 e. The molecule has 0 saturated heterocycles. The molecule has 1 N–H and O–H groups in total. The van der Waals surface area contributed by atoms with E-state index in [1.165, 1.54) is 30.3 Å². The molecule has 21 heavy (non-hydrogen) atoms. The molecular weight excluding hydrogens is 273 g/mol. The van der Waals surface area contributed by atoms with Crippen molar-refractivity contribution in [1.29, 1.82) is 5.26 Å². The van der Waals surface area contributed by atoms with Gasteiger partial charge in [-0.25, -0.2) is 4.39 Å². The number of non-ortho nitro benzene ring substituents is 1. The zero-order chi connectivity index (χ0) is 15.2. The number of nitrogens with one attached hydrogen (secondary N) is 1. The summed E-state index contributed by atoms with van der Waals surface area (Å²) >= 11 is 0. The van der Waals surface area contributed by atoms with Gasteiger partial charge in [0.25, 0.3) is 5.69 Å². The van der Waals surface area contributed by atoms with Gasteiger partial charge in [0.2, 0.25) is 0 Å². The molecule has 0 radical (unpaired) electrons. The molecule has 5 nitrogen and oxygen atoms in total. The van der Waals surface area contributed by atoms with Crippen LogP contribution in [0.3, 0.4) is 0 Å². The number of hydrogen-bond acceptors (Lipinski definition) is 4. The second kappa shape index (κ2) is 6.48. The van der Waals surface area contributed by atoms with Crippen LogP contribution in [0.5, 0.6) is 0 Å². The van der Waals surface area contributed by atoms with Gasteiger partial charge >= 0.3 is 0 Å². The Hall–Kier alpha value is -2.94. The summed E-state index contributed by atoms with van der Waals surface area (Å²) in [4.78, 5) is 10.1. The van der Waals surface area contributed by atoms with E-state index in [1.807, 2.05) is 6.07 Å². The van der Waals surface area contributed by atoms with E-state index in [0.29, 0.717) is 18.7 Å². The summed E-state index contributed by atoms with van der Waals surface area (Å²) < 4.78 is 13.0. The van der Waals surface area contributed by atoms with Crippen LogP contribution in [0.15, 0.2) is 42.5 Å². The van der Waals surface area contributed by atoms with Crippen LogP contribution in [0.25, 0.3) is 0 Å². The lowest BCUT2D eigenvalue weighted by atomic mass is 10.1.